The summed E-state index contributed by atoms with van der Waals surface area (Å²) in [5, 5.41) is 17.1. The predicted molar refractivity (Wildman–Crippen MR) is 39.0 cm³/mol. The zero-order valence-corrected chi connectivity index (χ0v) is 6.62. The highest BCUT2D eigenvalue weighted by molar-refractivity contribution is 5.69. The van der Waals surface area contributed by atoms with E-state index in [0.29, 0.717) is 12.8 Å². The van der Waals surface area contributed by atoms with Gasteiger partial charge in [0.2, 0.25) is 0 Å². The fourth-order valence-electron chi connectivity index (χ4n) is 0.601. The van der Waals surface area contributed by atoms with Crippen LogP contribution in [0.1, 0.15) is 19.8 Å². The van der Waals surface area contributed by atoms with Gasteiger partial charge in [0.1, 0.15) is 6.10 Å². The Labute approximate surface area is 65.8 Å². The summed E-state index contributed by atoms with van der Waals surface area (Å²) in [6, 6.07) is 0. The molecule has 0 aromatic heterocycles. The van der Waals surface area contributed by atoms with Crippen molar-refractivity contribution in [2.45, 2.75) is 25.9 Å². The first-order valence-electron chi connectivity index (χ1n) is 3.65. The minimum atomic E-state index is -0.549. The quantitative estimate of drug-likeness (QED) is 0.544. The summed E-state index contributed by atoms with van der Waals surface area (Å²) in [4.78, 5) is 10.6. The Morgan fingerprint density at radius 2 is 2.18 bits per heavy atom. The molecule has 0 aliphatic heterocycles. The Hall–Kier alpha value is -0.610. The van der Waals surface area contributed by atoms with Gasteiger partial charge in [0.15, 0.2) is 0 Å². The third kappa shape index (κ3) is 4.75. The summed E-state index contributed by atoms with van der Waals surface area (Å²) in [6.45, 7) is 1.37. The van der Waals surface area contributed by atoms with Crippen molar-refractivity contribution < 1.29 is 19.7 Å². The maximum atomic E-state index is 10.6. The van der Waals surface area contributed by atoms with Crippen molar-refractivity contribution in [2.24, 2.45) is 0 Å². The molecule has 0 rings (SSSR count). The molecule has 11 heavy (non-hydrogen) atoms. The molecule has 0 heterocycles. The Morgan fingerprint density at radius 1 is 1.55 bits per heavy atom. The van der Waals surface area contributed by atoms with E-state index in [1.807, 2.05) is 0 Å². The van der Waals surface area contributed by atoms with Crippen molar-refractivity contribution in [1.82, 2.24) is 0 Å². The van der Waals surface area contributed by atoms with Crippen LogP contribution in [0.4, 0.5) is 0 Å². The molecule has 0 aromatic carbocycles. The molecular weight excluding hydrogens is 148 g/mol. The molecule has 0 amide bonds. The maximum Gasteiger partial charge on any atom is 0.305 e. The molecule has 0 radical (unpaired) electrons. The van der Waals surface area contributed by atoms with E-state index in [0.717, 1.165) is 0 Å². The lowest BCUT2D eigenvalue weighted by Gasteiger charge is -2.12. The van der Waals surface area contributed by atoms with Gasteiger partial charge in [-0.2, -0.15) is 0 Å². The first kappa shape index (κ1) is 10.4. The molecular formula is C7H14O4. The number of hydrogen-bond acceptors (Lipinski definition) is 4. The maximum absolute atomic E-state index is 10.6. The van der Waals surface area contributed by atoms with Crippen molar-refractivity contribution in [3.63, 3.8) is 0 Å². The minimum absolute atomic E-state index is 0.0811. The van der Waals surface area contributed by atoms with Gasteiger partial charge in [-0.05, 0) is 0 Å². The third-order valence-corrected chi connectivity index (χ3v) is 1.24. The van der Waals surface area contributed by atoms with Gasteiger partial charge in [-0.25, -0.2) is 0 Å². The van der Waals surface area contributed by atoms with Crippen LogP contribution in [0.2, 0.25) is 0 Å². The average Bonchev–Trinajstić information content (AvgIpc) is 2.03. The van der Waals surface area contributed by atoms with Crippen LogP contribution in [0.5, 0.6) is 0 Å². The van der Waals surface area contributed by atoms with Gasteiger partial charge in [0.25, 0.3) is 0 Å². The topological polar surface area (TPSA) is 66.8 Å². The summed E-state index contributed by atoms with van der Waals surface area (Å²) in [7, 11) is 0. The molecule has 66 valence electrons. The van der Waals surface area contributed by atoms with Crippen LogP contribution in [0.15, 0.2) is 0 Å². The minimum Gasteiger partial charge on any atom is -0.460 e. The Kier molecular flexibility index (Phi) is 5.78. The number of ether oxygens (including phenoxy) is 1. The molecule has 1 unspecified atom stereocenters. The monoisotopic (exact) mass is 162 g/mol. The highest BCUT2D eigenvalue weighted by Gasteiger charge is 2.10. The SMILES string of the molecule is CCC(=O)OC(CO)CCO. The second-order valence-corrected chi connectivity index (χ2v) is 2.16. The molecule has 0 saturated heterocycles. The molecule has 0 aromatic rings. The average molecular weight is 162 g/mol. The first-order valence-corrected chi connectivity index (χ1v) is 3.65. The van der Waals surface area contributed by atoms with E-state index in [4.69, 9.17) is 14.9 Å². The van der Waals surface area contributed by atoms with Gasteiger partial charge in [0.05, 0.1) is 6.61 Å². The summed E-state index contributed by atoms with van der Waals surface area (Å²) in [5.41, 5.74) is 0. The van der Waals surface area contributed by atoms with Crippen LogP contribution >= 0.6 is 0 Å². The van der Waals surface area contributed by atoms with Crippen molar-refractivity contribution in [2.75, 3.05) is 13.2 Å². The molecule has 0 spiro atoms. The molecule has 4 heteroatoms. The number of carbonyl (C=O) groups is 1. The van der Waals surface area contributed by atoms with Gasteiger partial charge < -0.3 is 14.9 Å². The summed E-state index contributed by atoms with van der Waals surface area (Å²) >= 11 is 0. The van der Waals surface area contributed by atoms with Crippen molar-refractivity contribution >= 4 is 5.97 Å². The lowest BCUT2D eigenvalue weighted by atomic mass is 10.3. The fraction of sp³-hybridized carbons (Fsp3) is 0.857. The summed E-state index contributed by atoms with van der Waals surface area (Å²) in [5.74, 6) is -0.350. The summed E-state index contributed by atoms with van der Waals surface area (Å²) < 4.78 is 4.74. The Bertz CT molecular complexity index is 113. The molecule has 0 saturated carbocycles. The smallest absolute Gasteiger partial charge is 0.305 e. The van der Waals surface area contributed by atoms with E-state index >= 15 is 0 Å². The zero-order chi connectivity index (χ0) is 8.69. The molecule has 2 N–H and O–H groups in total. The lowest BCUT2D eigenvalue weighted by Crippen LogP contribution is -2.22. The fourth-order valence-corrected chi connectivity index (χ4v) is 0.601. The van der Waals surface area contributed by atoms with E-state index in [1.54, 1.807) is 6.92 Å². The number of hydrogen-bond donors (Lipinski definition) is 2. The first-order chi connectivity index (χ1) is 5.24. The third-order valence-electron chi connectivity index (χ3n) is 1.24. The zero-order valence-electron chi connectivity index (χ0n) is 6.62. The number of rotatable bonds is 5. The van der Waals surface area contributed by atoms with Crippen LogP contribution in [-0.2, 0) is 9.53 Å². The number of aliphatic hydroxyl groups excluding tert-OH is 2. The van der Waals surface area contributed by atoms with Crippen LogP contribution in [0, 0.1) is 0 Å². The second kappa shape index (κ2) is 6.12. The molecule has 0 bridgehead atoms. The second-order valence-electron chi connectivity index (χ2n) is 2.16. The van der Waals surface area contributed by atoms with E-state index < -0.39 is 6.10 Å². The van der Waals surface area contributed by atoms with Crippen LogP contribution in [0.25, 0.3) is 0 Å². The van der Waals surface area contributed by atoms with E-state index in [1.165, 1.54) is 0 Å². The van der Waals surface area contributed by atoms with Crippen molar-refractivity contribution in [3.8, 4) is 0 Å². The molecule has 0 aliphatic carbocycles. The highest BCUT2D eigenvalue weighted by atomic mass is 16.6. The van der Waals surface area contributed by atoms with Crippen molar-refractivity contribution in [1.29, 1.82) is 0 Å². The molecule has 0 fully saturated rings. The highest BCUT2D eigenvalue weighted by Crippen LogP contribution is 1.98. The van der Waals surface area contributed by atoms with Crippen LogP contribution in [0.3, 0.4) is 0 Å². The van der Waals surface area contributed by atoms with Gasteiger partial charge >= 0.3 is 5.97 Å². The molecule has 4 nitrogen and oxygen atoms in total. The van der Waals surface area contributed by atoms with E-state index in [-0.39, 0.29) is 19.2 Å². The molecule has 0 aliphatic rings. The van der Waals surface area contributed by atoms with Gasteiger partial charge in [0, 0.05) is 19.4 Å². The van der Waals surface area contributed by atoms with E-state index in [2.05, 4.69) is 0 Å². The van der Waals surface area contributed by atoms with Gasteiger partial charge in [-0.15, -0.1) is 0 Å². The van der Waals surface area contributed by atoms with Crippen LogP contribution < -0.4 is 0 Å². The Morgan fingerprint density at radius 3 is 2.55 bits per heavy atom. The number of aliphatic hydroxyl groups is 2. The Balaban J connectivity index is 3.58. The van der Waals surface area contributed by atoms with Gasteiger partial charge in [-0.3, -0.25) is 4.79 Å². The van der Waals surface area contributed by atoms with Gasteiger partial charge in [-0.1, -0.05) is 6.92 Å². The predicted octanol–water partition coefficient (Wildman–Crippen LogP) is -0.317. The summed E-state index contributed by atoms with van der Waals surface area (Å²) in [6.07, 6.45) is 0.0388. The van der Waals surface area contributed by atoms with Crippen molar-refractivity contribution in [3.05, 3.63) is 0 Å². The molecule has 1 atom stereocenters. The lowest BCUT2D eigenvalue weighted by molar-refractivity contribution is -0.151. The number of carbonyl (C=O) groups excluding carboxylic acids is 1. The van der Waals surface area contributed by atoms with Crippen LogP contribution in [-0.4, -0.2) is 35.5 Å². The number of esters is 1. The standard InChI is InChI=1S/C7H14O4/c1-2-7(10)11-6(5-9)3-4-8/h6,8-9H,2-5H2,1H3. The van der Waals surface area contributed by atoms with E-state index in [9.17, 15) is 4.79 Å². The normalized spacial score (nSPS) is 12.6. The largest absolute Gasteiger partial charge is 0.460 e.